The molecule has 3 aromatic carbocycles. The summed E-state index contributed by atoms with van der Waals surface area (Å²) in [7, 11) is 0. The summed E-state index contributed by atoms with van der Waals surface area (Å²) < 4.78 is 1.81. The lowest BCUT2D eigenvalue weighted by Gasteiger charge is -2.12. The van der Waals surface area contributed by atoms with Crippen molar-refractivity contribution in [3.05, 3.63) is 90.4 Å². The molecule has 0 amide bonds. The topological polar surface area (TPSA) is 104 Å². The van der Waals surface area contributed by atoms with E-state index in [1.165, 1.54) is 5.56 Å². The van der Waals surface area contributed by atoms with Crippen LogP contribution in [0.15, 0.2) is 79.3 Å². The van der Waals surface area contributed by atoms with E-state index in [9.17, 15) is 0 Å². The zero-order valence-electron chi connectivity index (χ0n) is 16.9. The van der Waals surface area contributed by atoms with E-state index >= 15 is 0 Å². The molecule has 31 heavy (non-hydrogen) atoms. The Morgan fingerprint density at radius 2 is 1.68 bits per heavy atom. The minimum absolute atomic E-state index is 0.200. The molecule has 0 atom stereocenters. The van der Waals surface area contributed by atoms with Crippen molar-refractivity contribution >= 4 is 22.3 Å². The van der Waals surface area contributed by atoms with E-state index in [-0.39, 0.29) is 5.84 Å². The Labute approximate surface area is 179 Å². The molecule has 0 saturated carbocycles. The fraction of sp³-hybridized carbons (Fsp3) is 0.0417. The van der Waals surface area contributed by atoms with Crippen LogP contribution in [0.1, 0.15) is 11.1 Å². The van der Waals surface area contributed by atoms with Crippen LogP contribution in [0.5, 0.6) is 0 Å². The molecule has 2 heterocycles. The van der Waals surface area contributed by atoms with Crippen LogP contribution < -0.4 is 16.8 Å². The molecule has 7 nitrogen and oxygen atoms in total. The summed E-state index contributed by atoms with van der Waals surface area (Å²) in [5.74, 6) is 5.52. The predicted molar refractivity (Wildman–Crippen MR) is 123 cm³/mol. The number of aryl methyl sites for hydroxylation is 1. The molecule has 0 aliphatic carbocycles. The number of nitrogens with two attached hydrogens (primary N) is 1. The van der Waals surface area contributed by atoms with Gasteiger partial charge < -0.3 is 0 Å². The summed E-state index contributed by atoms with van der Waals surface area (Å²) in [4.78, 5) is 4.73. The summed E-state index contributed by atoms with van der Waals surface area (Å²) in [5, 5.41) is 14.8. The largest absolute Gasteiger partial charge is 0.292 e. The summed E-state index contributed by atoms with van der Waals surface area (Å²) >= 11 is 0. The van der Waals surface area contributed by atoms with Crippen molar-refractivity contribution in [2.45, 2.75) is 6.92 Å². The van der Waals surface area contributed by atoms with Crippen LogP contribution in [-0.2, 0) is 0 Å². The predicted octanol–water partition coefficient (Wildman–Crippen LogP) is 3.82. The third kappa shape index (κ3) is 3.31. The lowest BCUT2D eigenvalue weighted by atomic mass is 9.96. The zero-order chi connectivity index (χ0) is 21.4. The highest BCUT2D eigenvalue weighted by molar-refractivity contribution is 6.12. The monoisotopic (exact) mass is 407 g/mol. The molecule has 0 radical (unpaired) electrons. The van der Waals surface area contributed by atoms with E-state index in [0.717, 1.165) is 44.2 Å². The number of hydrazine groups is 2. The third-order valence-electron chi connectivity index (χ3n) is 5.42. The van der Waals surface area contributed by atoms with E-state index < -0.39 is 0 Å². The molecular weight excluding hydrogens is 386 g/mol. The van der Waals surface area contributed by atoms with Gasteiger partial charge in [-0.2, -0.15) is 10.6 Å². The second-order valence-electron chi connectivity index (χ2n) is 7.39. The smallest absolute Gasteiger partial charge is 0.162 e. The van der Waals surface area contributed by atoms with Crippen LogP contribution in [0.3, 0.4) is 0 Å². The van der Waals surface area contributed by atoms with Crippen LogP contribution >= 0.6 is 0 Å². The van der Waals surface area contributed by atoms with E-state index in [1.54, 1.807) is 0 Å². The second kappa shape index (κ2) is 7.64. The molecule has 5 rings (SSSR count). The standard InChI is InChI=1S/C24H21N7/c1-15-6-8-16(9-7-15)17-12-27-24-22(13-28-31(24)14-17)20-10-11-21(23(25)29-30-26)19-5-3-2-4-18(19)20/h2-14,30H,26H2,1H3,(H2,25,29). The van der Waals surface area contributed by atoms with E-state index in [0.29, 0.717) is 0 Å². The zero-order valence-corrected chi connectivity index (χ0v) is 16.9. The molecule has 152 valence electrons. The molecule has 0 fully saturated rings. The van der Waals surface area contributed by atoms with Crippen LogP contribution in [0, 0.1) is 12.3 Å². The average Bonchev–Trinajstić information content (AvgIpc) is 3.22. The fourth-order valence-electron chi connectivity index (χ4n) is 3.85. The maximum atomic E-state index is 8.22. The highest BCUT2D eigenvalue weighted by atomic mass is 15.5. The SMILES string of the molecule is Cc1ccc(-c2cnc3c(-c4ccc(C(=N)NNN)c5ccccc45)cnn3c2)cc1. The van der Waals surface area contributed by atoms with Gasteiger partial charge in [-0.3, -0.25) is 16.7 Å². The number of hydrogen-bond acceptors (Lipinski definition) is 5. The Balaban J connectivity index is 1.64. The highest BCUT2D eigenvalue weighted by Gasteiger charge is 2.15. The lowest BCUT2D eigenvalue weighted by Crippen LogP contribution is -2.42. The van der Waals surface area contributed by atoms with E-state index in [1.807, 2.05) is 59.5 Å². The summed E-state index contributed by atoms with van der Waals surface area (Å²) in [6, 6.07) is 20.3. The van der Waals surface area contributed by atoms with Gasteiger partial charge in [-0.05, 0) is 34.9 Å². The van der Waals surface area contributed by atoms with Crippen LogP contribution in [0.2, 0.25) is 0 Å². The van der Waals surface area contributed by atoms with Crippen molar-refractivity contribution in [3.8, 4) is 22.3 Å². The molecule has 0 unspecified atom stereocenters. The van der Waals surface area contributed by atoms with Crippen molar-refractivity contribution in [1.82, 2.24) is 25.6 Å². The van der Waals surface area contributed by atoms with Crippen molar-refractivity contribution in [2.24, 2.45) is 5.84 Å². The third-order valence-corrected chi connectivity index (χ3v) is 5.42. The van der Waals surface area contributed by atoms with Gasteiger partial charge in [0, 0.05) is 29.1 Å². The quantitative estimate of drug-likeness (QED) is 0.157. The van der Waals surface area contributed by atoms with Gasteiger partial charge in [0.25, 0.3) is 0 Å². The second-order valence-corrected chi connectivity index (χ2v) is 7.39. The molecule has 5 N–H and O–H groups in total. The Hall–Kier alpha value is -4.07. The van der Waals surface area contributed by atoms with Gasteiger partial charge in [-0.15, -0.1) is 0 Å². The number of nitrogens with zero attached hydrogens (tertiary/aromatic N) is 3. The first-order valence-corrected chi connectivity index (χ1v) is 9.89. The number of amidine groups is 1. The number of benzene rings is 3. The van der Waals surface area contributed by atoms with Gasteiger partial charge in [0.15, 0.2) is 5.65 Å². The first kappa shape index (κ1) is 18.9. The minimum atomic E-state index is 0.200. The molecule has 0 bridgehead atoms. The van der Waals surface area contributed by atoms with Crippen molar-refractivity contribution in [2.75, 3.05) is 0 Å². The molecular formula is C24H21N7. The molecule has 0 aliphatic heterocycles. The number of nitrogens with one attached hydrogen (secondary N) is 3. The number of hydrogen-bond donors (Lipinski definition) is 4. The Morgan fingerprint density at radius 1 is 0.903 bits per heavy atom. The van der Waals surface area contributed by atoms with Crippen molar-refractivity contribution in [1.29, 1.82) is 5.41 Å². The van der Waals surface area contributed by atoms with Gasteiger partial charge in [-0.25, -0.2) is 9.50 Å². The van der Waals surface area contributed by atoms with Crippen LogP contribution in [-0.4, -0.2) is 20.4 Å². The first-order chi connectivity index (χ1) is 15.2. The molecule has 2 aromatic heterocycles. The van der Waals surface area contributed by atoms with Crippen molar-refractivity contribution < 1.29 is 0 Å². The van der Waals surface area contributed by atoms with E-state index in [2.05, 4.69) is 47.2 Å². The van der Waals surface area contributed by atoms with E-state index in [4.69, 9.17) is 16.2 Å². The maximum absolute atomic E-state index is 8.22. The molecule has 0 spiro atoms. The van der Waals surface area contributed by atoms with Gasteiger partial charge >= 0.3 is 0 Å². The number of aromatic nitrogens is 3. The maximum Gasteiger partial charge on any atom is 0.162 e. The van der Waals surface area contributed by atoms with Gasteiger partial charge in [0.2, 0.25) is 0 Å². The lowest BCUT2D eigenvalue weighted by molar-refractivity contribution is 0.694. The molecule has 0 saturated heterocycles. The minimum Gasteiger partial charge on any atom is -0.292 e. The summed E-state index contributed by atoms with van der Waals surface area (Å²) in [5.41, 5.74) is 11.8. The Morgan fingerprint density at radius 3 is 2.45 bits per heavy atom. The number of rotatable bonds is 4. The summed E-state index contributed by atoms with van der Waals surface area (Å²) in [6.45, 7) is 2.07. The highest BCUT2D eigenvalue weighted by Crippen LogP contribution is 2.33. The molecule has 7 heteroatoms. The molecule has 0 aliphatic rings. The van der Waals surface area contributed by atoms with Crippen molar-refractivity contribution in [3.63, 3.8) is 0 Å². The first-order valence-electron chi connectivity index (χ1n) is 9.89. The Kier molecular flexibility index (Phi) is 4.66. The van der Waals surface area contributed by atoms with Gasteiger partial charge in [-0.1, -0.05) is 60.2 Å². The van der Waals surface area contributed by atoms with Gasteiger partial charge in [0.1, 0.15) is 5.84 Å². The van der Waals surface area contributed by atoms with Gasteiger partial charge in [0.05, 0.1) is 6.20 Å². The fourth-order valence-corrected chi connectivity index (χ4v) is 3.85. The van der Waals surface area contributed by atoms with Crippen LogP contribution in [0.25, 0.3) is 38.7 Å². The molecule has 5 aromatic rings. The Bertz CT molecular complexity index is 1420. The average molecular weight is 407 g/mol. The normalized spacial score (nSPS) is 11.2. The van der Waals surface area contributed by atoms with Crippen LogP contribution in [0.4, 0.5) is 0 Å². The number of fused-ring (bicyclic) bond motifs is 2. The summed E-state index contributed by atoms with van der Waals surface area (Å²) in [6.07, 6.45) is 5.72.